The van der Waals surface area contributed by atoms with Gasteiger partial charge in [-0.2, -0.15) is 31.4 Å². The molecular weight excluding hydrogens is 438 g/mol. The molecule has 0 radical (unpaired) electrons. The summed E-state index contributed by atoms with van der Waals surface area (Å²) in [6, 6.07) is 13.0. The van der Waals surface area contributed by atoms with Crippen LogP contribution in [0, 0.1) is 0 Å². The summed E-state index contributed by atoms with van der Waals surface area (Å²) in [6.07, 6.45) is -8.24. The molecule has 1 N–H and O–H groups in total. The first-order valence-corrected chi connectivity index (χ1v) is 9.03. The quantitative estimate of drug-likeness (QED) is 0.407. The number of nitrogens with one attached hydrogen (secondary N) is 1. The number of nitrogens with zero attached hydrogens (tertiary/aromatic N) is 3. The topological polar surface area (TPSA) is 59.8 Å². The van der Waals surface area contributed by atoms with Gasteiger partial charge in [0.25, 0.3) is 5.91 Å². The van der Waals surface area contributed by atoms with Crippen LogP contribution in [0.15, 0.2) is 67.0 Å². The highest BCUT2D eigenvalue weighted by Crippen LogP contribution is 2.36. The molecule has 2 aromatic heterocycles. The van der Waals surface area contributed by atoms with Gasteiger partial charge in [-0.15, -0.1) is 0 Å². The van der Waals surface area contributed by atoms with Crippen molar-refractivity contribution in [3.8, 4) is 5.69 Å². The largest absolute Gasteiger partial charge is 0.434 e. The third kappa shape index (κ3) is 4.01. The number of hydrogen-bond acceptors (Lipinski definition) is 3. The molecule has 0 atom stereocenters. The number of hydrogen-bond donors (Lipinski definition) is 1. The zero-order valence-electron chi connectivity index (χ0n) is 15.9. The number of amides is 1. The molecule has 4 rings (SSSR count). The first-order chi connectivity index (χ1) is 15.1. The summed E-state index contributed by atoms with van der Waals surface area (Å²) in [7, 11) is 0. The van der Waals surface area contributed by atoms with Gasteiger partial charge in [0.15, 0.2) is 5.69 Å². The maximum absolute atomic E-state index is 13.9. The second-order valence-corrected chi connectivity index (χ2v) is 6.70. The molecule has 0 aliphatic carbocycles. The van der Waals surface area contributed by atoms with Crippen LogP contribution in [0.2, 0.25) is 0 Å². The molecule has 11 heteroatoms. The molecule has 0 bridgehead atoms. The number of anilines is 1. The molecule has 1 amide bonds. The van der Waals surface area contributed by atoms with Crippen molar-refractivity contribution < 1.29 is 31.1 Å². The zero-order chi connectivity index (χ0) is 23.1. The Morgan fingerprint density at radius 1 is 0.906 bits per heavy atom. The van der Waals surface area contributed by atoms with Gasteiger partial charge in [0.1, 0.15) is 5.69 Å². The summed E-state index contributed by atoms with van der Waals surface area (Å²) in [5, 5.41) is 6.95. The number of aromatic nitrogens is 3. The lowest BCUT2D eigenvalue weighted by Gasteiger charge is -2.14. The van der Waals surface area contributed by atoms with E-state index >= 15 is 0 Å². The standard InChI is InChI=1S/C21H12F6N4O/c22-20(23,24)17-10-13(8-9-28-17)30-19(32)15-11-29-31(18(15)21(25,26)27)16-7-3-5-12-4-1-2-6-14(12)16/h1-11H,(H,28,30,32). The SMILES string of the molecule is O=C(Nc1ccnc(C(F)(F)F)c1)c1cnn(-c2cccc3ccccc23)c1C(F)(F)F. The Morgan fingerprint density at radius 2 is 1.62 bits per heavy atom. The Kier molecular flexibility index (Phi) is 5.11. The van der Waals surface area contributed by atoms with Crippen LogP contribution in [0.5, 0.6) is 0 Å². The van der Waals surface area contributed by atoms with Crippen molar-refractivity contribution in [1.82, 2.24) is 14.8 Å². The number of carbonyl (C=O) groups is 1. The van der Waals surface area contributed by atoms with E-state index in [0.717, 1.165) is 18.5 Å². The van der Waals surface area contributed by atoms with E-state index in [1.54, 1.807) is 36.4 Å². The molecule has 0 aliphatic heterocycles. The smallest absolute Gasteiger partial charge is 0.322 e. The van der Waals surface area contributed by atoms with Gasteiger partial charge < -0.3 is 5.32 Å². The number of fused-ring (bicyclic) bond motifs is 1. The fraction of sp³-hybridized carbons (Fsp3) is 0.0952. The Hall–Kier alpha value is -3.89. The third-order valence-electron chi connectivity index (χ3n) is 4.59. The average Bonchev–Trinajstić information content (AvgIpc) is 3.19. The molecule has 2 aromatic carbocycles. The lowest BCUT2D eigenvalue weighted by molar-refractivity contribution is -0.143. The number of pyridine rings is 1. The van der Waals surface area contributed by atoms with E-state index in [1.165, 1.54) is 6.07 Å². The van der Waals surface area contributed by atoms with E-state index in [2.05, 4.69) is 15.4 Å². The first kappa shape index (κ1) is 21.3. The molecule has 0 fully saturated rings. The van der Waals surface area contributed by atoms with E-state index < -0.39 is 35.2 Å². The van der Waals surface area contributed by atoms with Crippen LogP contribution in [-0.2, 0) is 12.4 Å². The maximum Gasteiger partial charge on any atom is 0.434 e. The van der Waals surface area contributed by atoms with Gasteiger partial charge in [0.05, 0.1) is 17.4 Å². The summed E-state index contributed by atoms with van der Waals surface area (Å²) in [5.41, 5.74) is -3.74. The molecule has 4 aromatic rings. The highest BCUT2D eigenvalue weighted by molar-refractivity contribution is 6.05. The van der Waals surface area contributed by atoms with Crippen molar-refractivity contribution in [1.29, 1.82) is 0 Å². The Labute approximate surface area is 176 Å². The van der Waals surface area contributed by atoms with Crippen molar-refractivity contribution >= 4 is 22.4 Å². The summed E-state index contributed by atoms with van der Waals surface area (Å²) in [4.78, 5) is 15.7. The van der Waals surface area contributed by atoms with Gasteiger partial charge in [-0.1, -0.05) is 36.4 Å². The maximum atomic E-state index is 13.9. The normalized spacial score (nSPS) is 12.2. The summed E-state index contributed by atoms with van der Waals surface area (Å²) >= 11 is 0. The molecule has 0 unspecified atom stereocenters. The number of benzene rings is 2. The van der Waals surface area contributed by atoms with E-state index in [1.807, 2.05) is 0 Å². The summed E-state index contributed by atoms with van der Waals surface area (Å²) in [6.45, 7) is 0. The van der Waals surface area contributed by atoms with Gasteiger partial charge in [-0.3, -0.25) is 9.78 Å². The fourth-order valence-electron chi connectivity index (χ4n) is 3.22. The lowest BCUT2D eigenvalue weighted by Crippen LogP contribution is -2.21. The van der Waals surface area contributed by atoms with Crippen LogP contribution in [0.1, 0.15) is 21.7 Å². The van der Waals surface area contributed by atoms with Crippen molar-refractivity contribution in [3.05, 3.63) is 83.9 Å². The van der Waals surface area contributed by atoms with Crippen molar-refractivity contribution in [2.24, 2.45) is 0 Å². The molecule has 0 spiro atoms. The fourth-order valence-corrected chi connectivity index (χ4v) is 3.22. The first-order valence-electron chi connectivity index (χ1n) is 9.03. The average molecular weight is 450 g/mol. The van der Waals surface area contributed by atoms with Crippen LogP contribution in [-0.4, -0.2) is 20.7 Å². The second-order valence-electron chi connectivity index (χ2n) is 6.70. The van der Waals surface area contributed by atoms with Gasteiger partial charge in [0, 0.05) is 17.3 Å². The zero-order valence-corrected chi connectivity index (χ0v) is 15.9. The predicted molar refractivity (Wildman–Crippen MR) is 103 cm³/mol. The Balaban J connectivity index is 1.78. The Bertz CT molecular complexity index is 1300. The molecule has 164 valence electrons. The minimum atomic E-state index is -4.98. The van der Waals surface area contributed by atoms with Gasteiger partial charge in [-0.05, 0) is 23.6 Å². The molecule has 0 saturated heterocycles. The van der Waals surface area contributed by atoms with E-state index in [9.17, 15) is 31.1 Å². The van der Waals surface area contributed by atoms with Crippen LogP contribution in [0.4, 0.5) is 32.0 Å². The van der Waals surface area contributed by atoms with Crippen molar-refractivity contribution in [2.45, 2.75) is 12.4 Å². The van der Waals surface area contributed by atoms with E-state index in [-0.39, 0.29) is 11.4 Å². The van der Waals surface area contributed by atoms with Crippen LogP contribution in [0.25, 0.3) is 16.5 Å². The highest BCUT2D eigenvalue weighted by atomic mass is 19.4. The Morgan fingerprint density at radius 3 is 2.34 bits per heavy atom. The third-order valence-corrected chi connectivity index (χ3v) is 4.59. The molecule has 5 nitrogen and oxygen atoms in total. The molecule has 0 aliphatic rings. The minimum absolute atomic E-state index is 0.0951. The second kappa shape index (κ2) is 7.66. The van der Waals surface area contributed by atoms with Crippen molar-refractivity contribution in [2.75, 3.05) is 5.32 Å². The summed E-state index contributed by atoms with van der Waals surface area (Å²) < 4.78 is 80.9. The number of alkyl halides is 6. The predicted octanol–water partition coefficient (Wildman–Crippen LogP) is 5.71. The summed E-state index contributed by atoms with van der Waals surface area (Å²) in [5.74, 6) is -1.26. The lowest BCUT2D eigenvalue weighted by atomic mass is 10.1. The van der Waals surface area contributed by atoms with Crippen LogP contribution >= 0.6 is 0 Å². The van der Waals surface area contributed by atoms with E-state index in [0.29, 0.717) is 21.5 Å². The number of carbonyl (C=O) groups excluding carboxylic acids is 1. The molecule has 0 saturated carbocycles. The van der Waals surface area contributed by atoms with Crippen molar-refractivity contribution in [3.63, 3.8) is 0 Å². The minimum Gasteiger partial charge on any atom is -0.322 e. The number of rotatable bonds is 3. The van der Waals surface area contributed by atoms with E-state index in [4.69, 9.17) is 0 Å². The molecule has 2 heterocycles. The number of halogens is 6. The van der Waals surface area contributed by atoms with Gasteiger partial charge in [-0.25, -0.2) is 4.68 Å². The molecule has 32 heavy (non-hydrogen) atoms. The molecular formula is C21H12F6N4O. The monoisotopic (exact) mass is 450 g/mol. The van der Waals surface area contributed by atoms with Gasteiger partial charge >= 0.3 is 12.4 Å². The van der Waals surface area contributed by atoms with Crippen LogP contribution < -0.4 is 5.32 Å². The highest BCUT2D eigenvalue weighted by Gasteiger charge is 2.41. The van der Waals surface area contributed by atoms with Gasteiger partial charge in [0.2, 0.25) is 0 Å². The van der Waals surface area contributed by atoms with Crippen LogP contribution in [0.3, 0.4) is 0 Å².